The number of H-pyrrole nitrogens is 1. The number of nitrogens with one attached hydrogen (secondary N) is 3. The Morgan fingerprint density at radius 1 is 1.16 bits per heavy atom. The summed E-state index contributed by atoms with van der Waals surface area (Å²) in [4.78, 5) is 33.6. The lowest BCUT2D eigenvalue weighted by atomic mass is 10.2. The summed E-state index contributed by atoms with van der Waals surface area (Å²) in [6.45, 7) is 7.66. The number of sulfonamides is 1. The van der Waals surface area contributed by atoms with E-state index in [2.05, 4.69) is 20.0 Å². The number of benzene rings is 1. The summed E-state index contributed by atoms with van der Waals surface area (Å²) in [7, 11) is -3.64. The van der Waals surface area contributed by atoms with E-state index in [1.165, 1.54) is 11.3 Å². The number of nitrogens with zero attached hydrogens (tertiary/aromatic N) is 1. The number of carbonyl (C=O) groups excluding carboxylic acids is 1. The summed E-state index contributed by atoms with van der Waals surface area (Å²) >= 11 is 1.46. The van der Waals surface area contributed by atoms with E-state index in [0.717, 1.165) is 16.0 Å². The van der Waals surface area contributed by atoms with E-state index in [1.54, 1.807) is 19.1 Å². The van der Waals surface area contributed by atoms with Crippen molar-refractivity contribution in [2.75, 3.05) is 13.1 Å². The first-order valence-corrected chi connectivity index (χ1v) is 12.2. The van der Waals surface area contributed by atoms with Crippen molar-refractivity contribution in [1.29, 1.82) is 0 Å². The molecule has 0 spiro atoms. The molecule has 0 fully saturated rings. The number of aryl methyl sites for hydroxylation is 5. The standard InChI is InChI=1S/C21H26N4O4S2/c1-12-5-6-13(2)16(11-12)31(28,29)23-10-9-22-18(26)8-7-17-24-20(27)19-14(3)15(4)30-21(19)25-17/h5-6,11,23H,7-10H2,1-4H3,(H,22,26)(H,24,25,27). The van der Waals surface area contributed by atoms with Crippen molar-refractivity contribution >= 4 is 37.5 Å². The Balaban J connectivity index is 1.50. The molecule has 10 heteroatoms. The van der Waals surface area contributed by atoms with Gasteiger partial charge in [-0.05, 0) is 50.5 Å². The second-order valence-electron chi connectivity index (χ2n) is 7.49. The zero-order valence-electron chi connectivity index (χ0n) is 18.0. The van der Waals surface area contributed by atoms with Gasteiger partial charge in [0.2, 0.25) is 15.9 Å². The molecule has 166 valence electrons. The van der Waals surface area contributed by atoms with Crippen LogP contribution in [-0.4, -0.2) is 37.4 Å². The highest BCUT2D eigenvalue weighted by Crippen LogP contribution is 2.25. The molecule has 8 nitrogen and oxygen atoms in total. The van der Waals surface area contributed by atoms with Crippen LogP contribution in [0, 0.1) is 27.7 Å². The molecule has 0 aliphatic rings. The van der Waals surface area contributed by atoms with Crippen LogP contribution in [0.2, 0.25) is 0 Å². The van der Waals surface area contributed by atoms with Crippen LogP contribution >= 0.6 is 11.3 Å². The number of amides is 1. The van der Waals surface area contributed by atoms with E-state index < -0.39 is 10.0 Å². The number of hydrogen-bond acceptors (Lipinski definition) is 6. The van der Waals surface area contributed by atoms with E-state index >= 15 is 0 Å². The first-order valence-electron chi connectivity index (χ1n) is 9.91. The summed E-state index contributed by atoms with van der Waals surface area (Å²) < 4.78 is 27.4. The summed E-state index contributed by atoms with van der Waals surface area (Å²) in [5, 5.41) is 3.29. The van der Waals surface area contributed by atoms with Gasteiger partial charge >= 0.3 is 0 Å². The highest BCUT2D eigenvalue weighted by atomic mass is 32.2. The van der Waals surface area contributed by atoms with E-state index in [4.69, 9.17) is 0 Å². The monoisotopic (exact) mass is 462 g/mol. The highest BCUT2D eigenvalue weighted by molar-refractivity contribution is 7.89. The van der Waals surface area contributed by atoms with E-state index in [9.17, 15) is 18.0 Å². The number of thiophene rings is 1. The SMILES string of the molecule is Cc1ccc(C)c(S(=O)(=O)NCCNC(=O)CCc2nc3sc(C)c(C)c3c(=O)[nH]2)c1. The normalized spacial score (nSPS) is 11.7. The Morgan fingerprint density at radius 3 is 2.65 bits per heavy atom. The fraction of sp³-hybridized carbons (Fsp3) is 0.381. The van der Waals surface area contributed by atoms with Gasteiger partial charge in [0.1, 0.15) is 10.7 Å². The average molecular weight is 463 g/mol. The molecule has 3 rings (SSSR count). The lowest BCUT2D eigenvalue weighted by Gasteiger charge is -2.11. The first kappa shape index (κ1) is 23.1. The fourth-order valence-corrected chi connectivity index (χ4v) is 5.61. The zero-order valence-corrected chi connectivity index (χ0v) is 19.6. The maximum Gasteiger partial charge on any atom is 0.259 e. The minimum absolute atomic E-state index is 0.0796. The van der Waals surface area contributed by atoms with Gasteiger partial charge < -0.3 is 10.3 Å². The van der Waals surface area contributed by atoms with Crippen LogP contribution in [-0.2, 0) is 21.2 Å². The molecule has 3 N–H and O–H groups in total. The molecule has 3 aromatic rings. The minimum atomic E-state index is -3.64. The molecule has 0 aliphatic carbocycles. The average Bonchev–Trinajstić information content (AvgIpc) is 2.99. The summed E-state index contributed by atoms with van der Waals surface area (Å²) in [6, 6.07) is 5.24. The summed E-state index contributed by atoms with van der Waals surface area (Å²) in [6.07, 6.45) is 0.433. The van der Waals surface area contributed by atoms with Crippen molar-refractivity contribution in [2.45, 2.75) is 45.4 Å². The van der Waals surface area contributed by atoms with Gasteiger partial charge in [-0.2, -0.15) is 0 Å². The predicted octanol–water partition coefficient (Wildman–Crippen LogP) is 2.25. The molecule has 31 heavy (non-hydrogen) atoms. The molecule has 2 heterocycles. The number of aromatic nitrogens is 2. The maximum atomic E-state index is 12.5. The zero-order chi connectivity index (χ0) is 22.8. The summed E-state index contributed by atoms with van der Waals surface area (Å²) in [5.74, 6) is 0.219. The van der Waals surface area contributed by atoms with Gasteiger partial charge in [-0.1, -0.05) is 12.1 Å². The lowest BCUT2D eigenvalue weighted by Crippen LogP contribution is -2.35. The van der Waals surface area contributed by atoms with Gasteiger partial charge in [0.05, 0.1) is 10.3 Å². The van der Waals surface area contributed by atoms with Crippen LogP contribution in [0.5, 0.6) is 0 Å². The lowest BCUT2D eigenvalue weighted by molar-refractivity contribution is -0.121. The summed E-state index contributed by atoms with van der Waals surface area (Å²) in [5.41, 5.74) is 2.26. The Kier molecular flexibility index (Phi) is 6.93. The topological polar surface area (TPSA) is 121 Å². The predicted molar refractivity (Wildman–Crippen MR) is 122 cm³/mol. The molecule has 0 radical (unpaired) electrons. The van der Waals surface area contributed by atoms with Crippen molar-refractivity contribution < 1.29 is 13.2 Å². The molecule has 0 bridgehead atoms. The van der Waals surface area contributed by atoms with Crippen LogP contribution in [0.15, 0.2) is 27.9 Å². The van der Waals surface area contributed by atoms with Crippen molar-refractivity contribution in [1.82, 2.24) is 20.0 Å². The van der Waals surface area contributed by atoms with Crippen LogP contribution in [0.25, 0.3) is 10.2 Å². The number of hydrogen-bond donors (Lipinski definition) is 3. The van der Waals surface area contributed by atoms with Gasteiger partial charge in [0.25, 0.3) is 5.56 Å². The van der Waals surface area contributed by atoms with Crippen molar-refractivity contribution in [3.05, 3.63) is 55.9 Å². The highest BCUT2D eigenvalue weighted by Gasteiger charge is 2.16. The van der Waals surface area contributed by atoms with Crippen molar-refractivity contribution in [3.8, 4) is 0 Å². The van der Waals surface area contributed by atoms with Crippen LogP contribution in [0.1, 0.15) is 33.8 Å². The third-order valence-electron chi connectivity index (χ3n) is 5.05. The second-order valence-corrected chi connectivity index (χ2v) is 10.4. The van der Waals surface area contributed by atoms with Gasteiger partial charge in [-0.25, -0.2) is 18.1 Å². The second kappa shape index (κ2) is 9.29. The molecular weight excluding hydrogens is 436 g/mol. The van der Waals surface area contributed by atoms with Crippen molar-refractivity contribution in [3.63, 3.8) is 0 Å². The molecule has 1 aromatic carbocycles. The van der Waals surface area contributed by atoms with Gasteiger partial charge in [0.15, 0.2) is 0 Å². The quantitative estimate of drug-likeness (QED) is 0.443. The Bertz CT molecular complexity index is 1290. The molecule has 0 saturated carbocycles. The third kappa shape index (κ3) is 5.38. The molecule has 2 aromatic heterocycles. The molecule has 0 aliphatic heterocycles. The van der Waals surface area contributed by atoms with Gasteiger partial charge in [-0.15, -0.1) is 11.3 Å². The Morgan fingerprint density at radius 2 is 1.90 bits per heavy atom. The third-order valence-corrected chi connectivity index (χ3v) is 7.75. The van der Waals surface area contributed by atoms with Gasteiger partial charge in [-0.3, -0.25) is 9.59 Å². The smallest absolute Gasteiger partial charge is 0.259 e. The fourth-order valence-electron chi connectivity index (χ4n) is 3.20. The van der Waals surface area contributed by atoms with E-state index in [1.807, 2.05) is 26.8 Å². The number of rotatable bonds is 8. The molecule has 0 saturated heterocycles. The number of carbonyl (C=O) groups is 1. The Hall–Kier alpha value is -2.56. The van der Waals surface area contributed by atoms with Crippen LogP contribution < -0.4 is 15.6 Å². The number of aromatic amines is 1. The van der Waals surface area contributed by atoms with E-state index in [0.29, 0.717) is 28.0 Å². The molecule has 0 atom stereocenters. The van der Waals surface area contributed by atoms with Gasteiger partial charge in [0, 0.05) is 30.8 Å². The number of fused-ring (bicyclic) bond motifs is 1. The largest absolute Gasteiger partial charge is 0.355 e. The molecular formula is C21H26N4O4S2. The Labute approximate surface area is 185 Å². The molecule has 0 unspecified atom stereocenters. The van der Waals surface area contributed by atoms with Crippen LogP contribution in [0.4, 0.5) is 0 Å². The first-order chi connectivity index (χ1) is 14.6. The van der Waals surface area contributed by atoms with E-state index in [-0.39, 0.29) is 35.9 Å². The maximum absolute atomic E-state index is 12.5. The van der Waals surface area contributed by atoms with Crippen LogP contribution in [0.3, 0.4) is 0 Å². The minimum Gasteiger partial charge on any atom is -0.355 e. The molecule has 1 amide bonds. The van der Waals surface area contributed by atoms with Crippen molar-refractivity contribution in [2.24, 2.45) is 0 Å².